The van der Waals surface area contributed by atoms with Crippen molar-refractivity contribution in [2.45, 2.75) is 55.8 Å². The maximum atomic E-state index is 13.2. The van der Waals surface area contributed by atoms with E-state index in [-0.39, 0.29) is 53.9 Å². The fourth-order valence-electron chi connectivity index (χ4n) is 7.35. The maximum absolute atomic E-state index is 13.2. The summed E-state index contributed by atoms with van der Waals surface area (Å²) in [6.07, 6.45) is 2.05. The van der Waals surface area contributed by atoms with Crippen LogP contribution >= 0.6 is 0 Å². The van der Waals surface area contributed by atoms with Crippen molar-refractivity contribution in [1.29, 1.82) is 0 Å². The predicted octanol–water partition coefficient (Wildman–Crippen LogP) is 3.10. The molecule has 4 atom stereocenters. The lowest BCUT2D eigenvalue weighted by Crippen LogP contribution is -2.39. The number of aliphatic hydroxyl groups is 2. The molecule has 1 saturated heterocycles. The van der Waals surface area contributed by atoms with E-state index in [1.165, 1.54) is 48.7 Å². The van der Waals surface area contributed by atoms with Crippen LogP contribution in [0.3, 0.4) is 0 Å². The monoisotopic (exact) mass is 843 g/mol. The Balaban J connectivity index is 0.936. The first-order valence-electron chi connectivity index (χ1n) is 19.8. The fourth-order valence-corrected chi connectivity index (χ4v) is 7.35. The van der Waals surface area contributed by atoms with Crippen molar-refractivity contribution < 1.29 is 58.4 Å². The second-order valence-corrected chi connectivity index (χ2v) is 14.7. The van der Waals surface area contributed by atoms with Crippen molar-refractivity contribution in [3.8, 4) is 28.7 Å². The molecule has 0 aliphatic carbocycles. The lowest BCUT2D eigenvalue weighted by Gasteiger charge is -2.40. The highest BCUT2D eigenvalue weighted by Gasteiger charge is 2.46. The second-order valence-electron chi connectivity index (χ2n) is 14.7. The normalized spacial score (nSPS) is 18.6. The van der Waals surface area contributed by atoms with Crippen LogP contribution in [0.5, 0.6) is 28.7 Å². The molecular weight excluding hydrogens is 791 g/mol. The number of nitrogens with one attached hydrogen (secondary N) is 1. The molecule has 2 aliphatic heterocycles. The predicted molar refractivity (Wildman–Crippen MR) is 223 cm³/mol. The molecule has 0 saturated carbocycles. The topological polar surface area (TPSA) is 264 Å². The van der Waals surface area contributed by atoms with Crippen LogP contribution in [0.4, 0.5) is 5.69 Å². The summed E-state index contributed by atoms with van der Waals surface area (Å²) in [7, 11) is 1.48. The number of phenols is 2. The number of amides is 1. The van der Waals surface area contributed by atoms with Crippen LogP contribution in [0.1, 0.15) is 51.9 Å². The molecule has 6 rings (SSSR count). The number of hydrogen-bond acceptors (Lipinski definition) is 16. The van der Waals surface area contributed by atoms with E-state index < -0.39 is 36.0 Å². The molecule has 4 aromatic carbocycles. The van der Waals surface area contributed by atoms with Gasteiger partial charge in [0.1, 0.15) is 35.4 Å². The van der Waals surface area contributed by atoms with Gasteiger partial charge in [-0.1, -0.05) is 18.2 Å². The summed E-state index contributed by atoms with van der Waals surface area (Å²) >= 11 is 0. The molecule has 17 nitrogen and oxygen atoms in total. The van der Waals surface area contributed by atoms with E-state index in [2.05, 4.69) is 5.32 Å². The Labute approximate surface area is 353 Å². The number of methoxy groups -OCH3 is 1. The van der Waals surface area contributed by atoms with Gasteiger partial charge in [-0.15, -0.1) is 0 Å². The largest absolute Gasteiger partial charge is 0.508 e. The minimum atomic E-state index is -1.39. The summed E-state index contributed by atoms with van der Waals surface area (Å²) in [6, 6.07) is 20.4. The summed E-state index contributed by atoms with van der Waals surface area (Å²) in [5, 5.41) is 43.7. The Morgan fingerprint density at radius 1 is 0.951 bits per heavy atom. The van der Waals surface area contributed by atoms with Crippen LogP contribution in [-0.4, -0.2) is 109 Å². The van der Waals surface area contributed by atoms with Crippen LogP contribution < -0.4 is 32.1 Å². The molecule has 61 heavy (non-hydrogen) atoms. The third-order valence-corrected chi connectivity index (χ3v) is 10.3. The molecule has 0 bridgehead atoms. The summed E-state index contributed by atoms with van der Waals surface area (Å²) in [5.74, 6) is 6.66. The van der Waals surface area contributed by atoms with Crippen molar-refractivity contribution in [2.24, 2.45) is 17.3 Å². The summed E-state index contributed by atoms with van der Waals surface area (Å²) < 4.78 is 35.0. The van der Waals surface area contributed by atoms with Crippen molar-refractivity contribution in [3.63, 3.8) is 0 Å². The van der Waals surface area contributed by atoms with Crippen LogP contribution in [0, 0.1) is 0 Å². The Hall–Kier alpha value is -5.76. The highest BCUT2D eigenvalue weighted by Crippen LogP contribution is 2.54. The molecule has 0 spiro atoms. The molecule has 0 radical (unpaired) electrons. The zero-order chi connectivity index (χ0) is 43.5. The van der Waals surface area contributed by atoms with Gasteiger partial charge in [-0.2, -0.15) is 0 Å². The number of phenolic OH excluding ortho intramolecular Hbond substituents is 2. The number of aromatic hydroxyl groups is 2. The smallest absolute Gasteiger partial charge is 0.241 e. The quantitative estimate of drug-likeness (QED) is 0.0275. The van der Waals surface area contributed by atoms with E-state index in [4.69, 9.17) is 45.7 Å². The minimum absolute atomic E-state index is 0.0111. The maximum Gasteiger partial charge on any atom is 0.241 e. The van der Waals surface area contributed by atoms with Crippen LogP contribution in [0.25, 0.3) is 0 Å². The molecule has 0 aromatic heterocycles. The van der Waals surface area contributed by atoms with E-state index in [1.807, 2.05) is 24.3 Å². The van der Waals surface area contributed by atoms with E-state index in [9.17, 15) is 30.0 Å². The molecule has 2 heterocycles. The Morgan fingerprint density at radius 3 is 2.30 bits per heavy atom. The zero-order valence-corrected chi connectivity index (χ0v) is 33.8. The number of ether oxygens (including phenoxy) is 6. The van der Waals surface area contributed by atoms with Gasteiger partial charge < -0.3 is 70.6 Å². The number of nitrogens with two attached hydrogens (primary N) is 3. The number of hydrogen-bond donors (Lipinski definition) is 8. The molecule has 11 N–H and O–H groups in total. The van der Waals surface area contributed by atoms with Gasteiger partial charge in [-0.3, -0.25) is 9.59 Å². The highest BCUT2D eigenvalue weighted by atomic mass is 16.7. The van der Waals surface area contributed by atoms with Crippen molar-refractivity contribution in [2.75, 3.05) is 52.0 Å². The number of hydrazine groups is 1. The molecular formula is C44H53N5O12. The lowest BCUT2D eigenvalue weighted by molar-refractivity contribution is -0.221. The van der Waals surface area contributed by atoms with Gasteiger partial charge in [-0.25, -0.2) is 5.84 Å². The number of rotatable bonds is 20. The van der Waals surface area contributed by atoms with Gasteiger partial charge >= 0.3 is 0 Å². The van der Waals surface area contributed by atoms with Gasteiger partial charge in [0.2, 0.25) is 5.91 Å². The van der Waals surface area contributed by atoms with Crippen molar-refractivity contribution in [1.82, 2.24) is 5.01 Å². The zero-order valence-electron chi connectivity index (χ0n) is 33.8. The number of aliphatic hydroxyl groups excluding tert-OH is 2. The number of fused-ring (bicyclic) bond motifs is 2. The Bertz CT molecular complexity index is 2100. The third kappa shape index (κ3) is 11.1. The molecule has 1 fully saturated rings. The average Bonchev–Trinajstić information content (AvgIpc) is 3.24. The van der Waals surface area contributed by atoms with Gasteiger partial charge in [0.15, 0.2) is 18.2 Å². The number of benzene rings is 4. The van der Waals surface area contributed by atoms with Crippen molar-refractivity contribution in [3.05, 3.63) is 119 Å². The van der Waals surface area contributed by atoms with Gasteiger partial charge in [0.05, 0.1) is 51.2 Å². The summed E-state index contributed by atoms with van der Waals surface area (Å²) in [5.41, 5.74) is 14.2. The van der Waals surface area contributed by atoms with Crippen LogP contribution in [0.2, 0.25) is 0 Å². The third-order valence-electron chi connectivity index (χ3n) is 10.3. The van der Waals surface area contributed by atoms with E-state index in [0.29, 0.717) is 80.0 Å². The van der Waals surface area contributed by atoms with Crippen LogP contribution in [-0.2, 0) is 35.8 Å². The lowest BCUT2D eigenvalue weighted by atomic mass is 9.76. The molecule has 4 aromatic rings. The number of anilines is 1. The SMILES string of the molecule is COC1(c2ccc(NC(=O)C(N)C/C(N)=C/N(N)CCOCCOc3ccc(CCOC4CC(O)CC(CO)O4)cc3)cc2C=O)c2ccc(O)cc2Oc2cc(O)ccc21. The van der Waals surface area contributed by atoms with Gasteiger partial charge in [0, 0.05) is 78.3 Å². The summed E-state index contributed by atoms with van der Waals surface area (Å²) in [4.78, 5) is 25.7. The first-order chi connectivity index (χ1) is 29.4. The number of carbonyl (C=O) groups excluding carboxylic acids is 2. The van der Waals surface area contributed by atoms with E-state index in [1.54, 1.807) is 24.3 Å². The van der Waals surface area contributed by atoms with Crippen molar-refractivity contribution >= 4 is 17.9 Å². The highest BCUT2D eigenvalue weighted by molar-refractivity contribution is 5.96. The molecule has 1 amide bonds. The average molecular weight is 844 g/mol. The van der Waals surface area contributed by atoms with E-state index >= 15 is 0 Å². The molecule has 2 aliphatic rings. The Kier molecular flexibility index (Phi) is 15.2. The first-order valence-corrected chi connectivity index (χ1v) is 19.8. The van der Waals surface area contributed by atoms with Gasteiger partial charge in [-0.05, 0) is 60.5 Å². The number of nitrogens with zero attached hydrogens (tertiary/aromatic N) is 1. The molecule has 326 valence electrons. The first kappa shape index (κ1) is 44.8. The number of carbonyl (C=O) groups is 2. The number of aldehydes is 1. The Morgan fingerprint density at radius 2 is 1.64 bits per heavy atom. The second kappa shape index (κ2) is 20.7. The minimum Gasteiger partial charge on any atom is -0.508 e. The van der Waals surface area contributed by atoms with E-state index in [0.717, 1.165) is 5.56 Å². The fraction of sp³-hybridized carbons (Fsp3) is 0.364. The molecule has 17 heteroatoms. The summed E-state index contributed by atoms with van der Waals surface area (Å²) in [6.45, 7) is 1.48. The standard InChI is InChI=1S/C44H53N5O12/c1-56-44(37-10-5-31(52)21-40(37)61-41-22-32(53)6-11-38(41)44)36-9-4-30(18-28(36)25-50)48-43(55)39(46)19-29(45)24-49(47)13-15-57-16-17-58-34-7-2-27(3-8-34)12-14-59-42-23-33(54)20-35(26-51)60-42/h2-11,18,21-22,24-25,33,35,39,42,51-54H,12-17,19-20,23,26,45-47H2,1H3,(H,48,55)/b29-24-. The molecule has 4 unspecified atom stereocenters. The van der Waals surface area contributed by atoms with Gasteiger partial charge in [0.25, 0.3) is 0 Å². The van der Waals surface area contributed by atoms with Crippen LogP contribution in [0.15, 0.2) is 90.8 Å².